The molecule has 0 atom stereocenters. The minimum absolute atomic E-state index is 0. The first kappa shape index (κ1) is 22.5. The molecule has 0 saturated carbocycles. The Hall–Kier alpha value is 1.03. The maximum atomic E-state index is 8.88. The van der Waals surface area contributed by atoms with E-state index in [2.05, 4.69) is 0 Å². The van der Waals surface area contributed by atoms with Crippen molar-refractivity contribution in [1.82, 2.24) is 0 Å². The standard InChI is InChI=1S/CH4O.Na.H3O4P.H2O/c1-2;;1-5(2,3)4;/h2H,1H3;;(H3,1,2,3,4);1H2/q;+1;;/p-1. The fraction of sp³-hybridized carbons (Fsp3) is 1.00. The average molecular weight is 170 g/mol. The van der Waals surface area contributed by atoms with Crippen molar-refractivity contribution in [1.29, 1.82) is 0 Å². The summed E-state index contributed by atoms with van der Waals surface area (Å²) >= 11 is 0. The van der Waals surface area contributed by atoms with Crippen LogP contribution < -0.4 is 29.6 Å². The van der Waals surface area contributed by atoms with E-state index >= 15 is 0 Å². The third-order valence-corrected chi connectivity index (χ3v) is 0. The third-order valence-electron chi connectivity index (χ3n) is 0. The molecule has 54 valence electrons. The zero-order valence-corrected chi connectivity index (χ0v) is 7.99. The molecular weight excluding hydrogens is 162 g/mol. The second-order valence-corrected chi connectivity index (χ2v) is 1.54. The van der Waals surface area contributed by atoms with E-state index in [9.17, 15) is 0 Å². The molecule has 0 aromatic carbocycles. The molecule has 0 spiro atoms. The van der Waals surface area contributed by atoms with Crippen molar-refractivity contribution in [3.63, 3.8) is 0 Å². The van der Waals surface area contributed by atoms with Gasteiger partial charge in [0.1, 0.15) is 0 Å². The second-order valence-electron chi connectivity index (χ2n) is 0.513. The van der Waals surface area contributed by atoms with Gasteiger partial charge in [0, 0.05) is 7.11 Å². The molecule has 0 aliphatic carbocycles. The normalized spacial score (nSPS) is 7.22. The van der Waals surface area contributed by atoms with Gasteiger partial charge in [-0.05, 0) is 0 Å². The van der Waals surface area contributed by atoms with Crippen LogP contribution >= 0.6 is 7.82 Å². The number of rotatable bonds is 0. The van der Waals surface area contributed by atoms with E-state index in [-0.39, 0.29) is 35.0 Å². The molecule has 8 heteroatoms. The van der Waals surface area contributed by atoms with Crippen molar-refractivity contribution in [2.24, 2.45) is 0 Å². The number of aliphatic hydroxyl groups excluding tert-OH is 1. The topological polar surface area (TPSA) is 128 Å². The Morgan fingerprint density at radius 1 is 1.11 bits per heavy atom. The van der Waals surface area contributed by atoms with Crippen molar-refractivity contribution in [3.8, 4) is 0 Å². The maximum absolute atomic E-state index is 8.88. The van der Waals surface area contributed by atoms with E-state index in [1.54, 1.807) is 0 Å². The summed E-state index contributed by atoms with van der Waals surface area (Å²) in [6.07, 6.45) is 0. The molecule has 5 N–H and O–H groups in total. The number of phosphoric acid groups is 1. The number of hydrogen-bond donors (Lipinski definition) is 4. The van der Waals surface area contributed by atoms with Crippen LogP contribution in [0.25, 0.3) is 0 Å². The Morgan fingerprint density at radius 3 is 1.11 bits per heavy atom. The van der Waals surface area contributed by atoms with Crippen molar-refractivity contribution in [2.45, 2.75) is 0 Å². The van der Waals surface area contributed by atoms with Crippen molar-refractivity contribution >= 4 is 7.82 Å². The summed E-state index contributed by atoms with van der Waals surface area (Å²) in [4.78, 5) is 21.6. The Labute approximate surface area is 74.4 Å². The van der Waals surface area contributed by atoms with Gasteiger partial charge in [0.05, 0.1) is 0 Å². The first-order valence-electron chi connectivity index (χ1n) is 1.23. The molecule has 0 radical (unpaired) electrons. The minimum atomic E-state index is -4.64. The first-order chi connectivity index (χ1) is 3.00. The van der Waals surface area contributed by atoms with Crippen molar-refractivity contribution in [3.05, 3.63) is 0 Å². The molecule has 0 heterocycles. The second kappa shape index (κ2) is 11.8. The van der Waals surface area contributed by atoms with Gasteiger partial charge in [-0.1, -0.05) is 0 Å². The molecule has 0 fully saturated rings. The quantitative estimate of drug-likeness (QED) is 0.214. The Balaban J connectivity index is -0.0000000286. The van der Waals surface area contributed by atoms with E-state index in [1.165, 1.54) is 0 Å². The number of hydrogen-bond acceptors (Lipinski definition) is 3. The monoisotopic (exact) mass is 170 g/mol. The van der Waals surface area contributed by atoms with Crippen LogP contribution in [0.4, 0.5) is 0 Å². The third kappa shape index (κ3) is 421. The zero-order valence-electron chi connectivity index (χ0n) is 5.09. The van der Waals surface area contributed by atoms with E-state index in [0.29, 0.717) is 0 Å². The molecule has 6 nitrogen and oxygen atoms in total. The van der Waals surface area contributed by atoms with E-state index in [4.69, 9.17) is 24.4 Å². The summed E-state index contributed by atoms with van der Waals surface area (Å²) in [6, 6.07) is 0. The van der Waals surface area contributed by atoms with Crippen LogP contribution in [0.3, 0.4) is 0 Å². The summed E-state index contributed by atoms with van der Waals surface area (Å²) in [5.74, 6) is 0. The Bertz CT molecular complexity index is 59.2. The fourth-order valence-corrected chi connectivity index (χ4v) is 0. The molecular formula is CH8NaO6P. The predicted octanol–water partition coefficient (Wildman–Crippen LogP) is -4.49. The SMILES string of the molecule is CO.O=P(O)(O)O.[Na+].[OH-]. The first-order valence-corrected chi connectivity index (χ1v) is 2.79. The van der Waals surface area contributed by atoms with Gasteiger partial charge in [0.25, 0.3) is 0 Å². The summed E-state index contributed by atoms with van der Waals surface area (Å²) in [6.45, 7) is 0. The molecule has 0 bridgehead atoms. The summed E-state index contributed by atoms with van der Waals surface area (Å²) in [7, 11) is -3.64. The molecule has 9 heavy (non-hydrogen) atoms. The van der Waals surface area contributed by atoms with Crippen LogP contribution in [0.1, 0.15) is 0 Å². The van der Waals surface area contributed by atoms with Crippen molar-refractivity contribution in [2.75, 3.05) is 7.11 Å². The van der Waals surface area contributed by atoms with Crippen LogP contribution in [-0.2, 0) is 4.57 Å². The largest absolute Gasteiger partial charge is 1.00 e. The van der Waals surface area contributed by atoms with E-state index in [1.807, 2.05) is 0 Å². The molecule has 0 aromatic rings. The van der Waals surface area contributed by atoms with Gasteiger partial charge in [0.2, 0.25) is 0 Å². The average Bonchev–Trinajstić information content (AvgIpc) is 1.36. The van der Waals surface area contributed by atoms with Gasteiger partial charge >= 0.3 is 37.4 Å². The zero-order chi connectivity index (χ0) is 6.50. The molecule has 0 saturated heterocycles. The van der Waals surface area contributed by atoms with Gasteiger partial charge < -0.3 is 25.3 Å². The number of aliphatic hydroxyl groups is 1. The van der Waals surface area contributed by atoms with Crippen LogP contribution in [-0.4, -0.2) is 32.4 Å². The molecule has 0 aliphatic heterocycles. The Kier molecular flexibility index (Phi) is 29.4. The fourth-order valence-electron chi connectivity index (χ4n) is 0. The summed E-state index contributed by atoms with van der Waals surface area (Å²) < 4.78 is 8.88. The van der Waals surface area contributed by atoms with E-state index < -0.39 is 7.82 Å². The van der Waals surface area contributed by atoms with Gasteiger partial charge in [0.15, 0.2) is 0 Å². The predicted molar refractivity (Wildman–Crippen MR) is 24.3 cm³/mol. The summed E-state index contributed by atoms with van der Waals surface area (Å²) in [5.41, 5.74) is 0. The maximum Gasteiger partial charge on any atom is 1.00 e. The molecule has 0 unspecified atom stereocenters. The van der Waals surface area contributed by atoms with Gasteiger partial charge in [-0.25, -0.2) is 4.57 Å². The van der Waals surface area contributed by atoms with Crippen LogP contribution in [0.15, 0.2) is 0 Å². The van der Waals surface area contributed by atoms with Gasteiger partial charge in [-0.2, -0.15) is 0 Å². The van der Waals surface area contributed by atoms with Crippen LogP contribution in [0.2, 0.25) is 0 Å². The molecule has 0 aliphatic rings. The Morgan fingerprint density at radius 2 is 1.11 bits per heavy atom. The van der Waals surface area contributed by atoms with Gasteiger partial charge in [-0.3, -0.25) is 0 Å². The van der Waals surface area contributed by atoms with Gasteiger partial charge in [-0.15, -0.1) is 0 Å². The molecule has 0 rings (SSSR count). The summed E-state index contributed by atoms with van der Waals surface area (Å²) in [5, 5.41) is 7.00. The smallest absolute Gasteiger partial charge is 0.870 e. The molecule has 0 amide bonds. The van der Waals surface area contributed by atoms with Crippen LogP contribution in [0, 0.1) is 0 Å². The van der Waals surface area contributed by atoms with Crippen LogP contribution in [0.5, 0.6) is 0 Å². The van der Waals surface area contributed by atoms with Crippen molar-refractivity contribution < 1.29 is 59.4 Å². The minimum Gasteiger partial charge on any atom is -0.870 e. The van der Waals surface area contributed by atoms with E-state index in [0.717, 1.165) is 7.11 Å². The molecule has 0 aromatic heterocycles.